The summed E-state index contributed by atoms with van der Waals surface area (Å²) in [4.78, 5) is 0. The second kappa shape index (κ2) is 6.05. The van der Waals surface area contributed by atoms with E-state index in [0.29, 0.717) is 0 Å². The smallest absolute Gasteiger partial charge is 0.143 e. The van der Waals surface area contributed by atoms with Gasteiger partial charge in [0.2, 0.25) is 0 Å². The lowest BCUT2D eigenvalue weighted by molar-refractivity contribution is 0.670. The highest BCUT2D eigenvalue weighted by Crippen LogP contribution is 2.36. The van der Waals surface area contributed by atoms with E-state index in [1.54, 1.807) is 0 Å². The lowest BCUT2D eigenvalue weighted by atomic mass is 9.99. The quantitative estimate of drug-likeness (QED) is 0.318. The van der Waals surface area contributed by atoms with Crippen LogP contribution in [0.1, 0.15) is 0 Å². The minimum Gasteiger partial charge on any atom is -0.455 e. The zero-order valence-corrected chi connectivity index (χ0v) is 14.7. The number of para-hydroxylation sites is 2. The molecule has 5 rings (SSSR count). The van der Waals surface area contributed by atoms with Crippen molar-refractivity contribution >= 4 is 33.5 Å². The Bertz CT molecular complexity index is 1230. The number of hydrogen-bond acceptors (Lipinski definition) is 1. The number of furan rings is 1. The number of benzene rings is 4. The number of fused-ring (bicyclic) bond motifs is 3. The van der Waals surface area contributed by atoms with Crippen LogP contribution in [-0.4, -0.2) is 0 Å². The van der Waals surface area contributed by atoms with Crippen LogP contribution in [0.5, 0.6) is 0 Å². The molecular weight excluding hydrogens is 340 g/mol. The first kappa shape index (κ1) is 15.2. The Morgan fingerprint density at radius 2 is 1.31 bits per heavy atom. The van der Waals surface area contributed by atoms with Gasteiger partial charge in [0.1, 0.15) is 11.2 Å². The minimum absolute atomic E-state index is 0.749. The summed E-state index contributed by atoms with van der Waals surface area (Å²) in [5.74, 6) is 0. The van der Waals surface area contributed by atoms with E-state index in [9.17, 15) is 0 Å². The third kappa shape index (κ3) is 2.49. The highest BCUT2D eigenvalue weighted by atomic mass is 35.5. The van der Waals surface area contributed by atoms with E-state index < -0.39 is 0 Å². The fourth-order valence-electron chi connectivity index (χ4n) is 3.48. The summed E-state index contributed by atoms with van der Waals surface area (Å²) in [6.07, 6.45) is 0. The van der Waals surface area contributed by atoms with E-state index in [0.717, 1.165) is 49.2 Å². The van der Waals surface area contributed by atoms with E-state index in [2.05, 4.69) is 54.6 Å². The van der Waals surface area contributed by atoms with Gasteiger partial charge in [0.25, 0.3) is 0 Å². The van der Waals surface area contributed by atoms with Gasteiger partial charge in [0.15, 0.2) is 0 Å². The molecule has 0 fully saturated rings. The van der Waals surface area contributed by atoms with Crippen molar-refractivity contribution in [3.05, 3.63) is 96.0 Å². The Kier molecular flexibility index (Phi) is 3.55. The summed E-state index contributed by atoms with van der Waals surface area (Å²) >= 11 is 6.11. The van der Waals surface area contributed by atoms with E-state index in [1.807, 2.05) is 36.4 Å². The molecule has 0 unspecified atom stereocenters. The fourth-order valence-corrected chi connectivity index (χ4v) is 3.68. The summed E-state index contributed by atoms with van der Waals surface area (Å²) in [5, 5.41) is 3.05. The molecule has 0 aliphatic rings. The zero-order valence-electron chi connectivity index (χ0n) is 13.9. The van der Waals surface area contributed by atoms with Crippen LogP contribution in [0.15, 0.2) is 95.4 Å². The Morgan fingerprint density at radius 1 is 0.577 bits per heavy atom. The average molecular weight is 355 g/mol. The lowest BCUT2D eigenvalue weighted by Gasteiger charge is -2.06. The third-order valence-electron chi connectivity index (χ3n) is 4.76. The summed E-state index contributed by atoms with van der Waals surface area (Å²) in [7, 11) is 0. The summed E-state index contributed by atoms with van der Waals surface area (Å²) < 4.78 is 6.15. The van der Waals surface area contributed by atoms with Gasteiger partial charge < -0.3 is 4.42 Å². The van der Waals surface area contributed by atoms with Crippen molar-refractivity contribution in [3.63, 3.8) is 0 Å². The SMILES string of the molecule is Clc1cccc(-c2ccc(-c3cccc4c3oc3ccccc34)cc2)c1. The van der Waals surface area contributed by atoms with Crippen LogP contribution in [0.25, 0.3) is 44.2 Å². The molecule has 0 saturated carbocycles. The van der Waals surface area contributed by atoms with Gasteiger partial charge in [-0.15, -0.1) is 0 Å². The molecule has 0 N–H and O–H groups in total. The van der Waals surface area contributed by atoms with Crippen LogP contribution in [-0.2, 0) is 0 Å². The van der Waals surface area contributed by atoms with Gasteiger partial charge >= 0.3 is 0 Å². The van der Waals surface area contributed by atoms with Gasteiger partial charge in [-0.05, 0) is 34.9 Å². The predicted molar refractivity (Wildman–Crippen MR) is 110 cm³/mol. The van der Waals surface area contributed by atoms with Crippen molar-refractivity contribution in [3.8, 4) is 22.3 Å². The molecule has 0 bridgehead atoms. The molecule has 0 amide bonds. The molecule has 0 aliphatic heterocycles. The summed E-state index contributed by atoms with van der Waals surface area (Å²) in [6, 6.07) is 30.9. The van der Waals surface area contributed by atoms with E-state index in [1.165, 1.54) is 0 Å². The van der Waals surface area contributed by atoms with Crippen molar-refractivity contribution in [2.75, 3.05) is 0 Å². The summed E-state index contributed by atoms with van der Waals surface area (Å²) in [5.41, 5.74) is 6.37. The molecule has 0 spiro atoms. The fraction of sp³-hybridized carbons (Fsp3) is 0. The molecule has 0 saturated heterocycles. The van der Waals surface area contributed by atoms with Gasteiger partial charge in [0.05, 0.1) is 0 Å². The average Bonchev–Trinajstić information content (AvgIpc) is 3.07. The van der Waals surface area contributed by atoms with Crippen molar-refractivity contribution < 1.29 is 4.42 Å². The Hall–Kier alpha value is -3.03. The van der Waals surface area contributed by atoms with E-state index >= 15 is 0 Å². The van der Waals surface area contributed by atoms with E-state index in [4.69, 9.17) is 16.0 Å². The molecule has 26 heavy (non-hydrogen) atoms. The first-order valence-electron chi connectivity index (χ1n) is 8.56. The Morgan fingerprint density at radius 3 is 2.15 bits per heavy atom. The van der Waals surface area contributed by atoms with Crippen molar-refractivity contribution in [2.45, 2.75) is 0 Å². The number of rotatable bonds is 2. The second-order valence-electron chi connectivity index (χ2n) is 6.37. The molecule has 0 aliphatic carbocycles. The maximum absolute atomic E-state index is 6.15. The predicted octanol–water partition coefficient (Wildman–Crippen LogP) is 7.57. The van der Waals surface area contributed by atoms with E-state index in [-0.39, 0.29) is 0 Å². The van der Waals surface area contributed by atoms with Gasteiger partial charge in [-0.1, -0.05) is 84.4 Å². The molecule has 124 valence electrons. The van der Waals surface area contributed by atoms with Gasteiger partial charge in [-0.2, -0.15) is 0 Å². The molecule has 1 heterocycles. The van der Waals surface area contributed by atoms with Gasteiger partial charge in [0, 0.05) is 21.4 Å². The third-order valence-corrected chi connectivity index (χ3v) is 4.99. The normalized spacial score (nSPS) is 11.3. The minimum atomic E-state index is 0.749. The molecule has 1 nitrogen and oxygen atoms in total. The zero-order chi connectivity index (χ0) is 17.5. The van der Waals surface area contributed by atoms with Gasteiger partial charge in [-0.25, -0.2) is 0 Å². The number of hydrogen-bond donors (Lipinski definition) is 0. The second-order valence-corrected chi connectivity index (χ2v) is 6.80. The summed E-state index contributed by atoms with van der Waals surface area (Å²) in [6.45, 7) is 0. The molecule has 2 heteroatoms. The Balaban J connectivity index is 1.64. The van der Waals surface area contributed by atoms with Crippen molar-refractivity contribution in [2.24, 2.45) is 0 Å². The largest absolute Gasteiger partial charge is 0.455 e. The van der Waals surface area contributed by atoms with Crippen LogP contribution in [0.4, 0.5) is 0 Å². The van der Waals surface area contributed by atoms with Crippen LogP contribution >= 0.6 is 11.6 Å². The highest BCUT2D eigenvalue weighted by Gasteiger charge is 2.11. The topological polar surface area (TPSA) is 13.1 Å². The number of halogens is 1. The maximum Gasteiger partial charge on any atom is 0.143 e. The first-order chi connectivity index (χ1) is 12.8. The molecule has 0 atom stereocenters. The van der Waals surface area contributed by atoms with Crippen molar-refractivity contribution in [1.82, 2.24) is 0 Å². The first-order valence-corrected chi connectivity index (χ1v) is 8.94. The van der Waals surface area contributed by atoms with Crippen LogP contribution in [0.2, 0.25) is 5.02 Å². The Labute approximate surface area is 156 Å². The maximum atomic E-state index is 6.15. The van der Waals surface area contributed by atoms with Gasteiger partial charge in [-0.3, -0.25) is 0 Å². The van der Waals surface area contributed by atoms with Crippen LogP contribution < -0.4 is 0 Å². The molecule has 0 radical (unpaired) electrons. The van der Waals surface area contributed by atoms with Crippen LogP contribution in [0, 0.1) is 0 Å². The molecular formula is C24H15ClO. The highest BCUT2D eigenvalue weighted by molar-refractivity contribution is 6.30. The lowest BCUT2D eigenvalue weighted by Crippen LogP contribution is -1.81. The molecule has 5 aromatic rings. The molecule has 1 aromatic heterocycles. The molecule has 4 aromatic carbocycles. The van der Waals surface area contributed by atoms with Crippen LogP contribution in [0.3, 0.4) is 0 Å². The van der Waals surface area contributed by atoms with Crippen molar-refractivity contribution in [1.29, 1.82) is 0 Å². The standard InChI is InChI=1S/C24H15ClO/c25-19-6-3-5-18(15-19)16-11-13-17(14-12-16)20-8-4-9-22-21-7-1-2-10-23(21)26-24(20)22/h1-15H. The monoisotopic (exact) mass is 354 g/mol.